The molecule has 33 heavy (non-hydrogen) atoms. The third kappa shape index (κ3) is 6.96. The maximum absolute atomic E-state index is 13.1. The smallest absolute Gasteiger partial charge is 0.306 e. The first-order valence-electron chi connectivity index (χ1n) is 12.2. The van der Waals surface area contributed by atoms with Crippen LogP contribution in [0.3, 0.4) is 0 Å². The Balaban J connectivity index is 1.77. The number of thiazole rings is 1. The topological polar surface area (TPSA) is 89.0 Å². The van der Waals surface area contributed by atoms with Gasteiger partial charge in [-0.3, -0.25) is 9.59 Å². The Hall–Kier alpha value is -1.57. The number of esters is 1. The molecule has 0 aromatic carbocycles. The summed E-state index contributed by atoms with van der Waals surface area (Å²) in [6, 6.07) is 0. The first kappa shape index (κ1) is 26.0. The summed E-state index contributed by atoms with van der Waals surface area (Å²) in [4.78, 5) is 30.4. The van der Waals surface area contributed by atoms with Crippen molar-refractivity contribution in [3.8, 4) is 0 Å². The van der Waals surface area contributed by atoms with Gasteiger partial charge in [-0.25, -0.2) is 4.98 Å². The highest BCUT2D eigenvalue weighted by Crippen LogP contribution is 2.36. The van der Waals surface area contributed by atoms with Crippen LogP contribution in [-0.4, -0.2) is 46.3 Å². The number of aromatic nitrogens is 1. The summed E-state index contributed by atoms with van der Waals surface area (Å²) < 4.78 is 11.8. The molecule has 0 spiro atoms. The molecule has 2 aliphatic rings. The highest BCUT2D eigenvalue weighted by Gasteiger charge is 2.42. The number of Topliss-reactive ketones (excluding diaryl/α,β-unsaturated/α-hetero) is 1. The molecular weight excluding hydrogens is 438 g/mol. The molecule has 1 aromatic heterocycles. The van der Waals surface area contributed by atoms with E-state index in [1.165, 1.54) is 0 Å². The van der Waals surface area contributed by atoms with E-state index in [0.717, 1.165) is 35.5 Å². The quantitative estimate of drug-likeness (QED) is 0.470. The van der Waals surface area contributed by atoms with Crippen LogP contribution in [0, 0.1) is 24.2 Å². The van der Waals surface area contributed by atoms with Crippen molar-refractivity contribution in [1.82, 2.24) is 4.98 Å². The minimum absolute atomic E-state index is 0.00105. The lowest BCUT2D eigenvalue weighted by atomic mass is 9.74. The Morgan fingerprint density at radius 3 is 2.64 bits per heavy atom. The summed E-state index contributed by atoms with van der Waals surface area (Å²) in [5, 5.41) is 13.7. The van der Waals surface area contributed by atoms with Crippen molar-refractivity contribution in [2.75, 3.05) is 0 Å². The van der Waals surface area contributed by atoms with Crippen LogP contribution in [0.5, 0.6) is 0 Å². The number of fused-ring (bicyclic) bond motifs is 1. The summed E-state index contributed by atoms with van der Waals surface area (Å²) in [6.45, 7) is 11.5. The number of ether oxygens (including phenoxy) is 2. The molecule has 0 radical (unpaired) electrons. The zero-order valence-corrected chi connectivity index (χ0v) is 21.6. The van der Waals surface area contributed by atoms with Crippen molar-refractivity contribution < 1.29 is 24.2 Å². The molecule has 3 heterocycles. The molecule has 184 valence electrons. The second kappa shape index (κ2) is 10.8. The fraction of sp³-hybridized carbons (Fsp3) is 0.731. The van der Waals surface area contributed by atoms with Crippen molar-refractivity contribution in [2.24, 2.45) is 17.3 Å². The van der Waals surface area contributed by atoms with E-state index in [1.807, 2.05) is 46.1 Å². The molecule has 0 aliphatic carbocycles. The van der Waals surface area contributed by atoms with Gasteiger partial charge in [-0.2, -0.15) is 0 Å². The number of ketones is 1. The Bertz CT molecular complexity index is 876. The van der Waals surface area contributed by atoms with Gasteiger partial charge < -0.3 is 14.6 Å². The minimum atomic E-state index is -0.709. The lowest BCUT2D eigenvalue weighted by Gasteiger charge is -2.31. The molecule has 6 atom stereocenters. The molecule has 2 saturated heterocycles. The zero-order chi connectivity index (χ0) is 24.3. The molecule has 0 bridgehead atoms. The average molecular weight is 478 g/mol. The van der Waals surface area contributed by atoms with Crippen LogP contribution in [-0.2, 0) is 19.1 Å². The van der Waals surface area contributed by atoms with Crippen molar-refractivity contribution in [3.05, 3.63) is 21.7 Å². The van der Waals surface area contributed by atoms with Crippen LogP contribution in [0.1, 0.15) is 83.8 Å². The van der Waals surface area contributed by atoms with E-state index in [9.17, 15) is 14.7 Å². The highest BCUT2D eigenvalue weighted by atomic mass is 32.1. The van der Waals surface area contributed by atoms with Crippen molar-refractivity contribution in [2.45, 2.75) is 104 Å². The van der Waals surface area contributed by atoms with E-state index >= 15 is 0 Å². The Kier molecular flexibility index (Phi) is 8.51. The highest BCUT2D eigenvalue weighted by molar-refractivity contribution is 7.09. The monoisotopic (exact) mass is 477 g/mol. The van der Waals surface area contributed by atoms with Gasteiger partial charge in [0, 0.05) is 29.6 Å². The number of aryl methyl sites for hydroxylation is 1. The lowest BCUT2D eigenvalue weighted by molar-refractivity contribution is -0.149. The number of carbonyl (C=O) groups excluding carboxylic acids is 2. The van der Waals surface area contributed by atoms with Gasteiger partial charge in [-0.15, -0.1) is 11.3 Å². The van der Waals surface area contributed by atoms with Gasteiger partial charge >= 0.3 is 5.97 Å². The summed E-state index contributed by atoms with van der Waals surface area (Å²) >= 11 is 1.59. The van der Waals surface area contributed by atoms with Gasteiger partial charge in [0.25, 0.3) is 0 Å². The lowest BCUT2D eigenvalue weighted by Crippen LogP contribution is -2.39. The van der Waals surface area contributed by atoms with E-state index in [1.54, 1.807) is 18.3 Å². The van der Waals surface area contributed by atoms with Gasteiger partial charge in [0.1, 0.15) is 11.9 Å². The number of hydrogen-bond acceptors (Lipinski definition) is 7. The number of cyclic esters (lactones) is 1. The third-order valence-electron chi connectivity index (χ3n) is 7.21. The van der Waals surface area contributed by atoms with Crippen LogP contribution in [0.15, 0.2) is 11.0 Å². The molecule has 6 nitrogen and oxygen atoms in total. The molecule has 1 N–H and O–H groups in total. The van der Waals surface area contributed by atoms with E-state index < -0.39 is 17.4 Å². The number of carbonyl (C=O) groups is 2. The average Bonchev–Trinajstić information content (AvgIpc) is 3.37. The van der Waals surface area contributed by atoms with Crippen LogP contribution >= 0.6 is 11.3 Å². The minimum Gasteiger partial charge on any atom is -0.458 e. The van der Waals surface area contributed by atoms with Gasteiger partial charge in [0.05, 0.1) is 29.0 Å². The Morgan fingerprint density at radius 2 is 1.97 bits per heavy atom. The number of rotatable bonds is 2. The normalized spacial score (nSPS) is 34.5. The number of nitrogens with zero attached hydrogens (tertiary/aromatic N) is 1. The van der Waals surface area contributed by atoms with Gasteiger partial charge in [0.15, 0.2) is 0 Å². The summed E-state index contributed by atoms with van der Waals surface area (Å²) in [5.41, 5.74) is 1.11. The first-order chi connectivity index (χ1) is 15.5. The molecule has 2 aliphatic heterocycles. The van der Waals surface area contributed by atoms with E-state index in [-0.39, 0.29) is 42.4 Å². The van der Waals surface area contributed by atoms with Gasteiger partial charge in [-0.05, 0) is 50.7 Å². The first-order valence-corrected chi connectivity index (χ1v) is 13.0. The number of epoxide rings is 1. The maximum Gasteiger partial charge on any atom is 0.306 e. The van der Waals surface area contributed by atoms with Crippen molar-refractivity contribution >= 4 is 29.2 Å². The number of hydrogen-bond donors (Lipinski definition) is 1. The van der Waals surface area contributed by atoms with Gasteiger partial charge in [-0.1, -0.05) is 34.1 Å². The second-order valence-corrected chi connectivity index (χ2v) is 11.6. The number of aliphatic hydroxyl groups is 1. The predicted molar refractivity (Wildman–Crippen MR) is 130 cm³/mol. The van der Waals surface area contributed by atoms with Crippen LogP contribution in [0.25, 0.3) is 6.08 Å². The van der Waals surface area contributed by atoms with Crippen LogP contribution in [0.2, 0.25) is 0 Å². The van der Waals surface area contributed by atoms with Crippen LogP contribution in [0.4, 0.5) is 0 Å². The third-order valence-corrected chi connectivity index (χ3v) is 8.00. The molecular formula is C26H39NO5S. The van der Waals surface area contributed by atoms with E-state index in [0.29, 0.717) is 12.8 Å². The molecule has 2 fully saturated rings. The van der Waals surface area contributed by atoms with Crippen molar-refractivity contribution in [1.29, 1.82) is 0 Å². The zero-order valence-electron chi connectivity index (χ0n) is 20.8. The molecule has 7 heteroatoms. The van der Waals surface area contributed by atoms with Gasteiger partial charge in [0.2, 0.25) is 0 Å². The maximum atomic E-state index is 13.1. The van der Waals surface area contributed by atoms with E-state index in [2.05, 4.69) is 4.98 Å². The largest absolute Gasteiger partial charge is 0.458 e. The number of aliphatic hydroxyl groups excluding tert-OH is 1. The predicted octanol–water partition coefficient (Wildman–Crippen LogP) is 5.12. The summed E-state index contributed by atoms with van der Waals surface area (Å²) in [7, 11) is 0. The second-order valence-electron chi connectivity index (χ2n) is 10.5. The van der Waals surface area contributed by atoms with Crippen LogP contribution < -0.4 is 0 Å². The molecule has 0 amide bonds. The molecule has 3 rings (SSSR count). The Labute approximate surface area is 201 Å². The Morgan fingerprint density at radius 1 is 1.24 bits per heavy atom. The molecule has 1 aromatic rings. The van der Waals surface area contributed by atoms with E-state index in [4.69, 9.17) is 9.47 Å². The SMILES string of the molecule is C/C(=C\c1csc(C)n1)[C@@H]1C[C@@H]2O[C@@H]2CCC[C@H](C)[C@H](O)[C@@H](C)C(=O)C(C)(C)CCC(=O)O1. The summed E-state index contributed by atoms with van der Waals surface area (Å²) in [6.07, 6.45) is 5.03. The van der Waals surface area contributed by atoms with Crippen molar-refractivity contribution in [3.63, 3.8) is 0 Å². The standard InChI is InChI=1S/C26H39NO5S/c1-15-8-7-9-20-22(31-20)13-21(16(2)12-19-14-33-18(4)27-19)32-23(28)10-11-26(5,6)25(30)17(3)24(15)29/h12,14-15,17,20-22,24,29H,7-11,13H2,1-6H3/b16-12+/t15-,17+,20+,21-,22-,24-/m0/s1. The fourth-order valence-corrected chi connectivity index (χ4v) is 5.35. The fourth-order valence-electron chi connectivity index (χ4n) is 4.78. The summed E-state index contributed by atoms with van der Waals surface area (Å²) in [5.74, 6) is -0.745. The molecule has 0 saturated carbocycles. The molecule has 0 unspecified atom stereocenters.